The average molecular weight is 302 g/mol. The SMILES string of the molecule is O=c1[nH]cc(S(=O)(=O)Nc2ccc(Cl)cc2)c(=O)[nH]1. The van der Waals surface area contributed by atoms with Gasteiger partial charge in [0.1, 0.15) is 0 Å². The lowest BCUT2D eigenvalue weighted by Gasteiger charge is -2.06. The van der Waals surface area contributed by atoms with Gasteiger partial charge in [-0.1, -0.05) is 11.6 Å². The fourth-order valence-electron chi connectivity index (χ4n) is 1.33. The van der Waals surface area contributed by atoms with Crippen LogP contribution in [0.15, 0.2) is 44.9 Å². The number of aromatic amines is 2. The first-order valence-corrected chi connectivity index (χ1v) is 6.85. The lowest BCUT2D eigenvalue weighted by Crippen LogP contribution is -2.29. The number of hydrogen-bond donors (Lipinski definition) is 3. The number of rotatable bonds is 3. The van der Waals surface area contributed by atoms with Crippen molar-refractivity contribution >= 4 is 27.3 Å². The molecule has 7 nitrogen and oxygen atoms in total. The summed E-state index contributed by atoms with van der Waals surface area (Å²) in [6.07, 6.45) is 0.833. The predicted molar refractivity (Wildman–Crippen MR) is 69.9 cm³/mol. The number of benzene rings is 1. The van der Waals surface area contributed by atoms with E-state index in [1.165, 1.54) is 24.3 Å². The average Bonchev–Trinajstić information content (AvgIpc) is 2.31. The summed E-state index contributed by atoms with van der Waals surface area (Å²) in [6.45, 7) is 0. The van der Waals surface area contributed by atoms with E-state index < -0.39 is 26.2 Å². The number of sulfonamides is 1. The summed E-state index contributed by atoms with van der Waals surface area (Å²) in [4.78, 5) is 25.6. The quantitative estimate of drug-likeness (QED) is 0.767. The second-order valence-corrected chi connectivity index (χ2v) is 5.64. The lowest BCUT2D eigenvalue weighted by molar-refractivity contribution is 0.599. The molecular weight excluding hydrogens is 294 g/mol. The highest BCUT2D eigenvalue weighted by molar-refractivity contribution is 7.92. The molecule has 0 radical (unpaired) electrons. The third-order valence-electron chi connectivity index (χ3n) is 2.17. The fourth-order valence-corrected chi connectivity index (χ4v) is 2.52. The molecule has 0 aliphatic heterocycles. The second kappa shape index (κ2) is 4.90. The van der Waals surface area contributed by atoms with E-state index in [1.807, 2.05) is 4.98 Å². The molecule has 0 aliphatic rings. The van der Waals surface area contributed by atoms with Crippen LogP contribution in [0.2, 0.25) is 5.02 Å². The number of nitrogens with one attached hydrogen (secondary N) is 3. The van der Waals surface area contributed by atoms with Gasteiger partial charge in [0, 0.05) is 16.9 Å². The molecule has 0 saturated carbocycles. The highest BCUT2D eigenvalue weighted by Crippen LogP contribution is 2.16. The van der Waals surface area contributed by atoms with E-state index in [0.717, 1.165) is 6.20 Å². The molecule has 2 aromatic rings. The number of hydrogen-bond acceptors (Lipinski definition) is 4. The monoisotopic (exact) mass is 301 g/mol. The summed E-state index contributed by atoms with van der Waals surface area (Å²) in [6, 6.07) is 5.88. The fraction of sp³-hybridized carbons (Fsp3) is 0. The maximum atomic E-state index is 11.9. The topological polar surface area (TPSA) is 112 Å². The molecule has 0 unspecified atom stereocenters. The summed E-state index contributed by atoms with van der Waals surface area (Å²) in [7, 11) is -4.08. The van der Waals surface area contributed by atoms with Crippen molar-refractivity contribution in [1.82, 2.24) is 9.97 Å². The van der Waals surface area contributed by atoms with Crippen LogP contribution in [-0.2, 0) is 10.0 Å². The Morgan fingerprint density at radius 3 is 2.32 bits per heavy atom. The molecular formula is C10H8ClN3O4S. The number of halogens is 1. The molecule has 1 heterocycles. The van der Waals surface area contributed by atoms with Gasteiger partial charge in [0.05, 0.1) is 0 Å². The highest BCUT2D eigenvalue weighted by Gasteiger charge is 2.18. The summed E-state index contributed by atoms with van der Waals surface area (Å²) in [5.74, 6) is 0. The van der Waals surface area contributed by atoms with Crippen LogP contribution in [-0.4, -0.2) is 18.4 Å². The van der Waals surface area contributed by atoms with E-state index >= 15 is 0 Å². The van der Waals surface area contributed by atoms with Crippen LogP contribution < -0.4 is 16.0 Å². The van der Waals surface area contributed by atoms with Gasteiger partial charge in [0.2, 0.25) is 0 Å². The first kappa shape index (κ1) is 13.4. The van der Waals surface area contributed by atoms with E-state index in [1.54, 1.807) is 0 Å². The molecule has 0 spiro atoms. The molecule has 1 aromatic carbocycles. The van der Waals surface area contributed by atoms with Crippen molar-refractivity contribution in [3.63, 3.8) is 0 Å². The molecule has 0 bridgehead atoms. The molecule has 0 aliphatic carbocycles. The largest absolute Gasteiger partial charge is 0.325 e. The minimum atomic E-state index is -4.08. The van der Waals surface area contributed by atoms with Crippen LogP contribution in [0, 0.1) is 0 Å². The number of anilines is 1. The number of H-pyrrole nitrogens is 2. The zero-order chi connectivity index (χ0) is 14.0. The van der Waals surface area contributed by atoms with Crippen molar-refractivity contribution in [2.75, 3.05) is 4.72 Å². The predicted octanol–water partition coefficient (Wildman–Crippen LogP) is 0.517. The standard InChI is InChI=1S/C10H8ClN3O4S/c11-6-1-3-7(4-2-6)14-19(17,18)8-5-12-10(16)13-9(8)15/h1-5,14H,(H2,12,13,15,16). The van der Waals surface area contributed by atoms with Gasteiger partial charge in [-0.3, -0.25) is 14.5 Å². The van der Waals surface area contributed by atoms with Gasteiger partial charge in [-0.2, -0.15) is 0 Å². The maximum absolute atomic E-state index is 11.9. The van der Waals surface area contributed by atoms with Crippen LogP contribution in [0.1, 0.15) is 0 Å². The molecule has 3 N–H and O–H groups in total. The molecule has 19 heavy (non-hydrogen) atoms. The van der Waals surface area contributed by atoms with Crippen LogP contribution in [0.5, 0.6) is 0 Å². The summed E-state index contributed by atoms with van der Waals surface area (Å²) >= 11 is 5.67. The Bertz CT molecular complexity index is 808. The summed E-state index contributed by atoms with van der Waals surface area (Å²) < 4.78 is 26.1. The molecule has 0 atom stereocenters. The summed E-state index contributed by atoms with van der Waals surface area (Å²) in [5, 5.41) is 0.449. The molecule has 0 saturated heterocycles. The maximum Gasteiger partial charge on any atom is 0.325 e. The van der Waals surface area contributed by atoms with E-state index in [4.69, 9.17) is 11.6 Å². The van der Waals surface area contributed by atoms with Crippen molar-refractivity contribution in [3.05, 3.63) is 56.3 Å². The summed E-state index contributed by atoms with van der Waals surface area (Å²) in [5.41, 5.74) is -1.53. The Morgan fingerprint density at radius 1 is 1.11 bits per heavy atom. The van der Waals surface area contributed by atoms with Crippen LogP contribution >= 0.6 is 11.6 Å². The third-order valence-corrected chi connectivity index (χ3v) is 3.81. The van der Waals surface area contributed by atoms with Crippen molar-refractivity contribution in [2.24, 2.45) is 0 Å². The molecule has 100 valence electrons. The zero-order valence-electron chi connectivity index (χ0n) is 9.31. The molecule has 0 amide bonds. The Morgan fingerprint density at radius 2 is 1.74 bits per heavy atom. The Balaban J connectivity index is 2.40. The minimum Gasteiger partial charge on any atom is -0.313 e. The van der Waals surface area contributed by atoms with Crippen molar-refractivity contribution in [1.29, 1.82) is 0 Å². The van der Waals surface area contributed by atoms with Gasteiger partial charge in [-0.15, -0.1) is 0 Å². The van der Waals surface area contributed by atoms with E-state index in [-0.39, 0.29) is 5.69 Å². The van der Waals surface area contributed by atoms with Crippen molar-refractivity contribution in [3.8, 4) is 0 Å². The number of aromatic nitrogens is 2. The Kier molecular flexibility index (Phi) is 3.45. The van der Waals surface area contributed by atoms with Gasteiger partial charge in [-0.05, 0) is 24.3 Å². The van der Waals surface area contributed by atoms with Gasteiger partial charge in [0.25, 0.3) is 15.6 Å². The zero-order valence-corrected chi connectivity index (χ0v) is 10.9. The van der Waals surface area contributed by atoms with Gasteiger partial charge < -0.3 is 4.98 Å². The molecule has 2 rings (SSSR count). The first-order chi connectivity index (χ1) is 8.88. The van der Waals surface area contributed by atoms with Crippen molar-refractivity contribution in [2.45, 2.75) is 4.90 Å². The van der Waals surface area contributed by atoms with Crippen LogP contribution in [0.3, 0.4) is 0 Å². The normalized spacial score (nSPS) is 11.2. The van der Waals surface area contributed by atoms with E-state index in [2.05, 4.69) is 9.71 Å². The van der Waals surface area contributed by atoms with Crippen molar-refractivity contribution < 1.29 is 8.42 Å². The smallest absolute Gasteiger partial charge is 0.313 e. The lowest BCUT2D eigenvalue weighted by atomic mass is 10.3. The Hall–Kier alpha value is -2.06. The Labute approximate surface area is 112 Å². The van der Waals surface area contributed by atoms with E-state index in [0.29, 0.717) is 5.02 Å². The first-order valence-electron chi connectivity index (χ1n) is 4.99. The highest BCUT2D eigenvalue weighted by atomic mass is 35.5. The third kappa shape index (κ3) is 3.04. The van der Waals surface area contributed by atoms with Crippen LogP contribution in [0.25, 0.3) is 0 Å². The van der Waals surface area contributed by atoms with E-state index in [9.17, 15) is 18.0 Å². The van der Waals surface area contributed by atoms with Gasteiger partial charge in [0.15, 0.2) is 4.90 Å². The van der Waals surface area contributed by atoms with Crippen LogP contribution in [0.4, 0.5) is 5.69 Å². The molecule has 1 aromatic heterocycles. The van der Waals surface area contributed by atoms with Gasteiger partial charge in [-0.25, -0.2) is 13.2 Å². The minimum absolute atomic E-state index is 0.245. The second-order valence-electron chi connectivity index (χ2n) is 3.55. The van der Waals surface area contributed by atoms with Gasteiger partial charge >= 0.3 is 5.69 Å². The molecule has 9 heteroatoms. The molecule has 0 fully saturated rings.